The molecule has 4 atom stereocenters. The summed E-state index contributed by atoms with van der Waals surface area (Å²) in [5, 5.41) is 4.22. The van der Waals surface area contributed by atoms with Gasteiger partial charge in [0.05, 0.1) is 5.92 Å². The molecule has 1 aromatic rings. The molecule has 0 aliphatic heterocycles. The summed E-state index contributed by atoms with van der Waals surface area (Å²) in [6.07, 6.45) is 10.1. The van der Waals surface area contributed by atoms with Crippen molar-refractivity contribution in [1.29, 1.82) is 0 Å². The van der Waals surface area contributed by atoms with Crippen LogP contribution in [0.5, 0.6) is 0 Å². The quantitative estimate of drug-likeness (QED) is 0.773. The molecular formula is C16H22N2O2. The molecule has 4 unspecified atom stereocenters. The lowest BCUT2D eigenvalue weighted by Gasteiger charge is -2.17. The van der Waals surface area contributed by atoms with Crippen LogP contribution >= 0.6 is 0 Å². The largest absolute Gasteiger partial charge is 0.339 e. The van der Waals surface area contributed by atoms with Crippen molar-refractivity contribution in [3.05, 3.63) is 11.7 Å². The summed E-state index contributed by atoms with van der Waals surface area (Å²) in [4.78, 5) is 16.8. The Hall–Kier alpha value is -1.19. The molecule has 0 N–H and O–H groups in total. The molecule has 20 heavy (non-hydrogen) atoms. The first-order valence-electron chi connectivity index (χ1n) is 8.17. The number of rotatable bonds is 2. The van der Waals surface area contributed by atoms with Crippen LogP contribution in [-0.2, 0) is 4.79 Å². The van der Waals surface area contributed by atoms with E-state index in [0.717, 1.165) is 43.3 Å². The molecule has 0 saturated heterocycles. The van der Waals surface area contributed by atoms with Gasteiger partial charge >= 0.3 is 0 Å². The van der Waals surface area contributed by atoms with E-state index in [1.165, 1.54) is 25.7 Å². The van der Waals surface area contributed by atoms with Crippen LogP contribution in [0.3, 0.4) is 0 Å². The number of ketones is 1. The molecule has 3 aliphatic carbocycles. The molecule has 0 amide bonds. The van der Waals surface area contributed by atoms with E-state index in [-0.39, 0.29) is 5.92 Å². The summed E-state index contributed by atoms with van der Waals surface area (Å²) in [7, 11) is 0. The van der Waals surface area contributed by atoms with Gasteiger partial charge in [-0.3, -0.25) is 4.79 Å². The van der Waals surface area contributed by atoms with Crippen molar-refractivity contribution < 1.29 is 9.32 Å². The topological polar surface area (TPSA) is 56.0 Å². The zero-order valence-corrected chi connectivity index (χ0v) is 11.9. The van der Waals surface area contributed by atoms with Crippen molar-refractivity contribution in [1.82, 2.24) is 10.1 Å². The van der Waals surface area contributed by atoms with Gasteiger partial charge in [-0.05, 0) is 43.9 Å². The lowest BCUT2D eigenvalue weighted by Crippen LogP contribution is -2.12. The molecule has 0 aromatic carbocycles. The van der Waals surface area contributed by atoms with E-state index in [1.54, 1.807) is 0 Å². The van der Waals surface area contributed by atoms with Crippen LogP contribution in [0.1, 0.15) is 81.3 Å². The Morgan fingerprint density at radius 2 is 2.00 bits per heavy atom. The summed E-state index contributed by atoms with van der Waals surface area (Å²) in [5.74, 6) is 3.77. The first-order valence-corrected chi connectivity index (χ1v) is 8.17. The number of hydrogen-bond donors (Lipinski definition) is 0. The molecule has 0 radical (unpaired) electrons. The van der Waals surface area contributed by atoms with E-state index in [4.69, 9.17) is 4.52 Å². The number of carbonyl (C=O) groups is 1. The lowest BCUT2D eigenvalue weighted by molar-refractivity contribution is -0.120. The highest BCUT2D eigenvalue weighted by Crippen LogP contribution is 2.52. The smallest absolute Gasteiger partial charge is 0.237 e. The van der Waals surface area contributed by atoms with Gasteiger partial charge in [0.25, 0.3) is 0 Å². The summed E-state index contributed by atoms with van der Waals surface area (Å²) >= 11 is 0. The Bertz CT molecular complexity index is 510. The maximum absolute atomic E-state index is 12.1. The number of aromatic nitrogens is 2. The minimum atomic E-state index is -0.127. The monoisotopic (exact) mass is 274 g/mol. The van der Waals surface area contributed by atoms with Crippen molar-refractivity contribution in [2.24, 2.45) is 11.8 Å². The molecule has 1 heterocycles. The standard InChI is InChI=1S/C16H22N2O2/c19-14-5-3-1-2-4-12(14)16-17-15(18-20-16)13-9-10-6-7-11(13)8-10/h10-13H,1-9H2. The number of carbonyl (C=O) groups excluding carboxylic acids is 1. The van der Waals surface area contributed by atoms with Gasteiger partial charge in [0, 0.05) is 12.3 Å². The van der Waals surface area contributed by atoms with Gasteiger partial charge in [-0.1, -0.05) is 24.4 Å². The predicted molar refractivity (Wildman–Crippen MR) is 73.3 cm³/mol. The highest BCUT2D eigenvalue weighted by atomic mass is 16.5. The number of Topliss-reactive ketones (excluding diaryl/α,β-unsaturated/α-hetero) is 1. The van der Waals surface area contributed by atoms with E-state index in [1.807, 2.05) is 0 Å². The van der Waals surface area contributed by atoms with Gasteiger partial charge in [-0.25, -0.2) is 0 Å². The number of nitrogens with zero attached hydrogens (tertiary/aromatic N) is 2. The van der Waals surface area contributed by atoms with Crippen LogP contribution in [0.2, 0.25) is 0 Å². The highest BCUT2D eigenvalue weighted by molar-refractivity contribution is 5.84. The van der Waals surface area contributed by atoms with Crippen molar-refractivity contribution in [3.63, 3.8) is 0 Å². The zero-order valence-electron chi connectivity index (χ0n) is 11.9. The lowest BCUT2D eigenvalue weighted by atomic mass is 9.88. The Balaban J connectivity index is 1.54. The van der Waals surface area contributed by atoms with Crippen LogP contribution < -0.4 is 0 Å². The van der Waals surface area contributed by atoms with Gasteiger partial charge < -0.3 is 4.52 Å². The summed E-state index contributed by atoms with van der Waals surface area (Å²) in [6.45, 7) is 0. The fourth-order valence-corrected chi connectivity index (χ4v) is 4.52. The third-order valence-electron chi connectivity index (χ3n) is 5.63. The van der Waals surface area contributed by atoms with Gasteiger partial charge in [0.2, 0.25) is 5.89 Å². The maximum Gasteiger partial charge on any atom is 0.237 e. The fraction of sp³-hybridized carbons (Fsp3) is 0.812. The Kier molecular flexibility index (Phi) is 3.12. The molecule has 108 valence electrons. The van der Waals surface area contributed by atoms with Crippen LogP contribution in [0.25, 0.3) is 0 Å². The van der Waals surface area contributed by atoms with E-state index in [9.17, 15) is 4.79 Å². The molecule has 3 saturated carbocycles. The molecule has 3 fully saturated rings. The van der Waals surface area contributed by atoms with E-state index in [0.29, 0.717) is 24.0 Å². The summed E-state index contributed by atoms with van der Waals surface area (Å²) < 4.78 is 5.47. The van der Waals surface area contributed by atoms with Crippen LogP contribution in [-0.4, -0.2) is 15.9 Å². The Morgan fingerprint density at radius 1 is 1.05 bits per heavy atom. The van der Waals surface area contributed by atoms with Crippen LogP contribution in [0.15, 0.2) is 4.52 Å². The van der Waals surface area contributed by atoms with E-state index in [2.05, 4.69) is 10.1 Å². The number of fused-ring (bicyclic) bond motifs is 2. The summed E-state index contributed by atoms with van der Waals surface area (Å²) in [6, 6.07) is 0. The first kappa shape index (κ1) is 12.5. The Labute approximate surface area is 119 Å². The highest BCUT2D eigenvalue weighted by Gasteiger charge is 2.42. The molecule has 0 spiro atoms. The van der Waals surface area contributed by atoms with Crippen molar-refractivity contribution in [3.8, 4) is 0 Å². The normalized spacial score (nSPS) is 37.3. The van der Waals surface area contributed by atoms with Crippen molar-refractivity contribution in [2.45, 2.75) is 69.6 Å². The minimum absolute atomic E-state index is 0.127. The van der Waals surface area contributed by atoms with E-state index < -0.39 is 0 Å². The van der Waals surface area contributed by atoms with Crippen molar-refractivity contribution in [2.75, 3.05) is 0 Å². The second kappa shape index (κ2) is 4.97. The summed E-state index contributed by atoms with van der Waals surface area (Å²) in [5.41, 5.74) is 0. The predicted octanol–water partition coefficient (Wildman–Crippen LogP) is 3.59. The Morgan fingerprint density at radius 3 is 2.80 bits per heavy atom. The average Bonchev–Trinajstić information content (AvgIpc) is 3.15. The van der Waals surface area contributed by atoms with Gasteiger partial charge in [-0.15, -0.1) is 0 Å². The number of hydrogen-bond acceptors (Lipinski definition) is 4. The molecule has 4 nitrogen and oxygen atoms in total. The van der Waals surface area contributed by atoms with Gasteiger partial charge in [-0.2, -0.15) is 4.98 Å². The van der Waals surface area contributed by atoms with Crippen LogP contribution in [0.4, 0.5) is 0 Å². The van der Waals surface area contributed by atoms with Crippen molar-refractivity contribution >= 4 is 5.78 Å². The molecule has 1 aromatic heterocycles. The maximum atomic E-state index is 12.1. The first-order chi connectivity index (χ1) is 9.81. The molecule has 3 aliphatic rings. The average molecular weight is 274 g/mol. The molecular weight excluding hydrogens is 252 g/mol. The molecule has 4 heteroatoms. The third-order valence-corrected chi connectivity index (χ3v) is 5.63. The van der Waals surface area contributed by atoms with Gasteiger partial charge in [0.15, 0.2) is 5.82 Å². The molecule has 4 rings (SSSR count). The minimum Gasteiger partial charge on any atom is -0.339 e. The van der Waals surface area contributed by atoms with E-state index >= 15 is 0 Å². The van der Waals surface area contributed by atoms with Gasteiger partial charge in [0.1, 0.15) is 5.78 Å². The molecule has 2 bridgehead atoms. The zero-order chi connectivity index (χ0) is 13.5. The SMILES string of the molecule is O=C1CCCCCC1c1nc(C2CC3CCC2C3)no1. The third kappa shape index (κ3) is 2.09. The van der Waals surface area contributed by atoms with Crippen LogP contribution in [0, 0.1) is 11.8 Å². The fourth-order valence-electron chi connectivity index (χ4n) is 4.52. The second-order valence-electron chi connectivity index (χ2n) is 6.89. The second-order valence-corrected chi connectivity index (χ2v) is 6.89.